The van der Waals surface area contributed by atoms with Crippen molar-refractivity contribution in [1.82, 2.24) is 0 Å². The van der Waals surface area contributed by atoms with Crippen LogP contribution in [0.4, 0.5) is 8.78 Å². The van der Waals surface area contributed by atoms with E-state index in [9.17, 15) is 8.78 Å². The average Bonchev–Trinajstić information content (AvgIpc) is 2.32. The Kier molecular flexibility index (Phi) is 3.85. The molecule has 1 nitrogen and oxygen atoms in total. The fourth-order valence-corrected chi connectivity index (χ4v) is 1.92. The number of hydrogen-bond acceptors (Lipinski definition) is 1. The first kappa shape index (κ1) is 13.3. The van der Waals surface area contributed by atoms with Crippen LogP contribution in [0.15, 0.2) is 36.4 Å². The molecule has 2 N–H and O–H groups in total. The summed E-state index contributed by atoms with van der Waals surface area (Å²) in [5.74, 6) is -1.11. The zero-order valence-corrected chi connectivity index (χ0v) is 10.6. The predicted molar refractivity (Wildman–Crippen MR) is 68.9 cm³/mol. The average molecular weight is 288 g/mol. The summed E-state index contributed by atoms with van der Waals surface area (Å²) in [6.45, 7) is 0. The molecular weight excluding hydrogens is 279 g/mol. The lowest BCUT2D eigenvalue weighted by Crippen LogP contribution is -2.13. The van der Waals surface area contributed by atoms with Crippen molar-refractivity contribution in [3.63, 3.8) is 0 Å². The van der Waals surface area contributed by atoms with Gasteiger partial charge in [0.25, 0.3) is 0 Å². The van der Waals surface area contributed by atoms with Crippen molar-refractivity contribution in [3.8, 4) is 0 Å². The number of benzene rings is 2. The molecule has 1 atom stereocenters. The van der Waals surface area contributed by atoms with E-state index in [2.05, 4.69) is 0 Å². The molecule has 5 heteroatoms. The summed E-state index contributed by atoms with van der Waals surface area (Å²) in [6.07, 6.45) is 0. The number of halogens is 4. The van der Waals surface area contributed by atoms with Crippen molar-refractivity contribution in [2.75, 3.05) is 0 Å². The van der Waals surface area contributed by atoms with Gasteiger partial charge >= 0.3 is 0 Å². The first-order chi connectivity index (χ1) is 8.49. The molecule has 0 aliphatic heterocycles. The van der Waals surface area contributed by atoms with Gasteiger partial charge in [-0.3, -0.25) is 0 Å². The molecule has 0 aliphatic rings. The van der Waals surface area contributed by atoms with Gasteiger partial charge in [0.15, 0.2) is 0 Å². The van der Waals surface area contributed by atoms with E-state index >= 15 is 0 Å². The van der Waals surface area contributed by atoms with Gasteiger partial charge in [-0.15, -0.1) is 0 Å². The summed E-state index contributed by atoms with van der Waals surface area (Å²) < 4.78 is 27.0. The second-order valence-corrected chi connectivity index (χ2v) is 4.66. The zero-order chi connectivity index (χ0) is 13.3. The Morgan fingerprint density at radius 2 is 1.67 bits per heavy atom. The normalized spacial score (nSPS) is 12.5. The second kappa shape index (κ2) is 5.22. The fourth-order valence-electron chi connectivity index (χ4n) is 1.64. The van der Waals surface area contributed by atoms with Gasteiger partial charge in [-0.1, -0.05) is 35.3 Å². The third kappa shape index (κ3) is 2.64. The van der Waals surface area contributed by atoms with Crippen LogP contribution in [0.1, 0.15) is 17.2 Å². The van der Waals surface area contributed by atoms with Crippen LogP contribution in [0, 0.1) is 11.6 Å². The minimum absolute atomic E-state index is 0.00234. The van der Waals surface area contributed by atoms with Crippen molar-refractivity contribution < 1.29 is 8.78 Å². The van der Waals surface area contributed by atoms with Crippen LogP contribution >= 0.6 is 23.2 Å². The molecular formula is C13H9Cl2F2N. The van der Waals surface area contributed by atoms with E-state index in [0.29, 0.717) is 5.56 Å². The molecule has 0 saturated carbocycles. The van der Waals surface area contributed by atoms with Gasteiger partial charge in [0.05, 0.1) is 11.1 Å². The Morgan fingerprint density at radius 3 is 2.28 bits per heavy atom. The first-order valence-corrected chi connectivity index (χ1v) is 5.90. The third-order valence-electron chi connectivity index (χ3n) is 2.60. The van der Waals surface area contributed by atoms with Crippen LogP contribution in [0.3, 0.4) is 0 Å². The van der Waals surface area contributed by atoms with Gasteiger partial charge in [-0.25, -0.2) is 8.78 Å². The fraction of sp³-hybridized carbons (Fsp3) is 0.0769. The van der Waals surface area contributed by atoms with Gasteiger partial charge in [-0.05, 0) is 29.8 Å². The lowest BCUT2D eigenvalue weighted by Gasteiger charge is -2.14. The Hall–Kier alpha value is -1.16. The molecule has 18 heavy (non-hydrogen) atoms. The topological polar surface area (TPSA) is 26.0 Å². The van der Waals surface area contributed by atoms with Crippen molar-refractivity contribution in [1.29, 1.82) is 0 Å². The van der Waals surface area contributed by atoms with Crippen molar-refractivity contribution >= 4 is 23.2 Å². The SMILES string of the molecule is NC(c1ccc(Cl)c(F)c1)c1ccc(Cl)cc1F. The standard InChI is InChI=1S/C13H9Cl2F2N/c14-8-2-3-9(11(16)6-8)13(18)7-1-4-10(15)12(17)5-7/h1-6,13H,18H2. The van der Waals surface area contributed by atoms with E-state index in [1.54, 1.807) is 6.07 Å². The smallest absolute Gasteiger partial charge is 0.142 e. The molecule has 0 aliphatic carbocycles. The van der Waals surface area contributed by atoms with Gasteiger partial charge < -0.3 is 5.73 Å². The second-order valence-electron chi connectivity index (χ2n) is 3.82. The van der Waals surface area contributed by atoms with Crippen LogP contribution < -0.4 is 5.73 Å². The number of hydrogen-bond donors (Lipinski definition) is 1. The molecule has 0 heterocycles. The largest absolute Gasteiger partial charge is 0.320 e. The summed E-state index contributed by atoms with van der Waals surface area (Å²) in [5, 5.41) is 0.285. The van der Waals surface area contributed by atoms with E-state index in [0.717, 1.165) is 0 Å². The monoisotopic (exact) mass is 287 g/mol. The lowest BCUT2D eigenvalue weighted by molar-refractivity contribution is 0.596. The molecule has 0 amide bonds. The van der Waals surface area contributed by atoms with E-state index in [-0.39, 0.29) is 15.6 Å². The van der Waals surface area contributed by atoms with Crippen LogP contribution in [-0.2, 0) is 0 Å². The molecule has 0 spiro atoms. The predicted octanol–water partition coefficient (Wildman–Crippen LogP) is 4.32. The molecule has 2 rings (SSSR count). The summed E-state index contributed by atoms with van der Waals surface area (Å²) in [4.78, 5) is 0. The molecule has 94 valence electrons. The van der Waals surface area contributed by atoms with E-state index in [4.69, 9.17) is 28.9 Å². The van der Waals surface area contributed by atoms with Gasteiger partial charge in [-0.2, -0.15) is 0 Å². The summed E-state index contributed by atoms with van der Waals surface area (Å²) in [7, 11) is 0. The van der Waals surface area contributed by atoms with E-state index < -0.39 is 17.7 Å². The first-order valence-electron chi connectivity index (χ1n) is 5.14. The highest BCUT2D eigenvalue weighted by atomic mass is 35.5. The molecule has 0 radical (unpaired) electrons. The van der Waals surface area contributed by atoms with Crippen molar-refractivity contribution in [3.05, 3.63) is 69.2 Å². The van der Waals surface area contributed by atoms with Crippen LogP contribution in [0.5, 0.6) is 0 Å². The van der Waals surface area contributed by atoms with E-state index in [1.807, 2.05) is 0 Å². The Bertz CT molecular complexity index is 587. The highest BCUT2D eigenvalue weighted by Crippen LogP contribution is 2.26. The Labute approximate surface area is 113 Å². The van der Waals surface area contributed by atoms with E-state index in [1.165, 1.54) is 30.3 Å². The van der Waals surface area contributed by atoms with Gasteiger partial charge in [0.2, 0.25) is 0 Å². The quantitative estimate of drug-likeness (QED) is 0.875. The lowest BCUT2D eigenvalue weighted by atomic mass is 9.99. The Morgan fingerprint density at radius 1 is 0.944 bits per heavy atom. The molecule has 2 aromatic carbocycles. The highest BCUT2D eigenvalue weighted by molar-refractivity contribution is 6.30. The number of rotatable bonds is 2. The van der Waals surface area contributed by atoms with Gasteiger partial charge in [0.1, 0.15) is 11.6 Å². The maximum atomic E-state index is 13.7. The molecule has 2 aromatic rings. The molecule has 0 aromatic heterocycles. The maximum Gasteiger partial charge on any atom is 0.142 e. The van der Waals surface area contributed by atoms with Crippen LogP contribution in [0.2, 0.25) is 10.0 Å². The summed E-state index contributed by atoms with van der Waals surface area (Å²) in [5.41, 5.74) is 6.59. The maximum absolute atomic E-state index is 13.7. The Balaban J connectivity index is 2.41. The summed E-state index contributed by atoms with van der Waals surface area (Å²) >= 11 is 11.2. The number of nitrogens with two attached hydrogens (primary N) is 1. The third-order valence-corrected chi connectivity index (χ3v) is 3.14. The molecule has 0 saturated heterocycles. The molecule has 0 bridgehead atoms. The minimum Gasteiger partial charge on any atom is -0.320 e. The van der Waals surface area contributed by atoms with Crippen LogP contribution in [-0.4, -0.2) is 0 Å². The van der Waals surface area contributed by atoms with Crippen LogP contribution in [0.25, 0.3) is 0 Å². The minimum atomic E-state index is -0.769. The van der Waals surface area contributed by atoms with Crippen molar-refractivity contribution in [2.45, 2.75) is 6.04 Å². The highest BCUT2D eigenvalue weighted by Gasteiger charge is 2.15. The van der Waals surface area contributed by atoms with Gasteiger partial charge in [0, 0.05) is 10.6 Å². The summed E-state index contributed by atoms with van der Waals surface area (Å²) in [6, 6.07) is 7.56. The zero-order valence-electron chi connectivity index (χ0n) is 9.13. The van der Waals surface area contributed by atoms with Crippen molar-refractivity contribution in [2.24, 2.45) is 5.73 Å². The molecule has 1 unspecified atom stereocenters. The molecule has 0 fully saturated rings.